The summed E-state index contributed by atoms with van der Waals surface area (Å²) in [5.41, 5.74) is 5.03. The molecule has 0 saturated carbocycles. The molecule has 4 rings (SSSR count). The molecule has 0 bridgehead atoms. The lowest BCUT2D eigenvalue weighted by Crippen LogP contribution is -2.04. The van der Waals surface area contributed by atoms with Crippen molar-refractivity contribution in [1.82, 2.24) is 14.5 Å². The molecule has 0 atom stereocenters. The van der Waals surface area contributed by atoms with Gasteiger partial charge in [-0.15, -0.1) is 0 Å². The van der Waals surface area contributed by atoms with Crippen LogP contribution < -0.4 is 5.32 Å². The summed E-state index contributed by atoms with van der Waals surface area (Å²) in [4.78, 5) is 9.01. The van der Waals surface area contributed by atoms with Crippen molar-refractivity contribution in [3.8, 4) is 0 Å². The van der Waals surface area contributed by atoms with E-state index in [0.717, 1.165) is 36.4 Å². The van der Waals surface area contributed by atoms with Crippen LogP contribution in [0.15, 0.2) is 36.7 Å². The standard InChI is InChI=1S/C19H22N4/c1-14-6-8-15(9-7-14)12-20-18-17-11-16-5-3-2-4-10-23(16)19(17)22-13-21-18/h6-9,11,13H,2-5,10,12H2,1H3,(H,20,21,22). The van der Waals surface area contributed by atoms with Gasteiger partial charge in [0, 0.05) is 18.8 Å². The summed E-state index contributed by atoms with van der Waals surface area (Å²) in [7, 11) is 0. The summed E-state index contributed by atoms with van der Waals surface area (Å²) in [6, 6.07) is 10.9. The maximum atomic E-state index is 4.54. The van der Waals surface area contributed by atoms with Gasteiger partial charge in [-0.1, -0.05) is 36.2 Å². The van der Waals surface area contributed by atoms with Crippen LogP contribution in [-0.2, 0) is 19.5 Å². The van der Waals surface area contributed by atoms with E-state index >= 15 is 0 Å². The number of nitrogens with one attached hydrogen (secondary N) is 1. The minimum absolute atomic E-state index is 0.785. The third-order valence-corrected chi connectivity index (χ3v) is 4.67. The van der Waals surface area contributed by atoms with Crippen LogP contribution in [0.1, 0.15) is 36.1 Å². The molecule has 4 heteroatoms. The fourth-order valence-electron chi connectivity index (χ4n) is 3.36. The largest absolute Gasteiger partial charge is 0.365 e. The number of nitrogens with zero attached hydrogens (tertiary/aromatic N) is 3. The second-order valence-electron chi connectivity index (χ2n) is 6.40. The molecule has 0 fully saturated rings. The van der Waals surface area contributed by atoms with E-state index in [9.17, 15) is 0 Å². The molecule has 0 saturated heterocycles. The number of fused-ring (bicyclic) bond motifs is 3. The Hall–Kier alpha value is -2.36. The summed E-state index contributed by atoms with van der Waals surface area (Å²) in [5.74, 6) is 0.941. The summed E-state index contributed by atoms with van der Waals surface area (Å²) in [5, 5.41) is 4.63. The fraction of sp³-hybridized carbons (Fsp3) is 0.368. The van der Waals surface area contributed by atoms with E-state index in [2.05, 4.69) is 57.1 Å². The molecule has 0 amide bonds. The second-order valence-corrected chi connectivity index (χ2v) is 6.40. The third-order valence-electron chi connectivity index (χ3n) is 4.67. The summed E-state index contributed by atoms with van der Waals surface area (Å²) in [6.07, 6.45) is 6.65. The van der Waals surface area contributed by atoms with Gasteiger partial charge in [0.2, 0.25) is 0 Å². The van der Waals surface area contributed by atoms with Gasteiger partial charge in [0.05, 0.1) is 5.39 Å². The Labute approximate surface area is 136 Å². The predicted octanol–water partition coefficient (Wildman–Crippen LogP) is 4.08. The molecule has 2 aromatic heterocycles. The van der Waals surface area contributed by atoms with Crippen LogP contribution in [0.2, 0.25) is 0 Å². The van der Waals surface area contributed by atoms with Crippen molar-refractivity contribution in [2.24, 2.45) is 0 Å². The van der Waals surface area contributed by atoms with Crippen molar-refractivity contribution in [3.05, 3.63) is 53.5 Å². The van der Waals surface area contributed by atoms with E-state index in [0.29, 0.717) is 0 Å². The highest BCUT2D eigenvalue weighted by atomic mass is 15.1. The van der Waals surface area contributed by atoms with Crippen molar-refractivity contribution in [3.63, 3.8) is 0 Å². The van der Waals surface area contributed by atoms with Gasteiger partial charge in [-0.2, -0.15) is 0 Å². The van der Waals surface area contributed by atoms with Gasteiger partial charge in [0.1, 0.15) is 17.8 Å². The first kappa shape index (κ1) is 14.2. The topological polar surface area (TPSA) is 42.7 Å². The van der Waals surface area contributed by atoms with Gasteiger partial charge in [0.15, 0.2) is 0 Å². The summed E-state index contributed by atoms with van der Waals surface area (Å²) in [6.45, 7) is 3.97. The van der Waals surface area contributed by atoms with Crippen molar-refractivity contribution in [2.75, 3.05) is 5.32 Å². The maximum absolute atomic E-state index is 4.54. The first-order chi connectivity index (χ1) is 11.3. The molecular weight excluding hydrogens is 284 g/mol. The number of anilines is 1. The lowest BCUT2D eigenvalue weighted by atomic mass is 10.1. The first-order valence-corrected chi connectivity index (χ1v) is 8.44. The Balaban J connectivity index is 1.63. The minimum atomic E-state index is 0.785. The first-order valence-electron chi connectivity index (χ1n) is 8.44. The molecule has 0 aliphatic carbocycles. The monoisotopic (exact) mass is 306 g/mol. The molecule has 1 aliphatic rings. The quantitative estimate of drug-likeness (QED) is 0.793. The van der Waals surface area contributed by atoms with Gasteiger partial charge in [-0.05, 0) is 37.8 Å². The van der Waals surface area contributed by atoms with E-state index in [1.807, 2.05) is 0 Å². The van der Waals surface area contributed by atoms with Crippen molar-refractivity contribution in [2.45, 2.75) is 45.7 Å². The Morgan fingerprint density at radius 2 is 1.96 bits per heavy atom. The Kier molecular flexibility index (Phi) is 3.74. The fourth-order valence-corrected chi connectivity index (χ4v) is 3.36. The lowest BCUT2D eigenvalue weighted by Gasteiger charge is -2.08. The van der Waals surface area contributed by atoms with Gasteiger partial charge in [0.25, 0.3) is 0 Å². The zero-order valence-electron chi connectivity index (χ0n) is 13.5. The normalized spacial score (nSPS) is 14.5. The molecule has 1 aliphatic heterocycles. The van der Waals surface area contributed by atoms with Crippen LogP contribution in [0.3, 0.4) is 0 Å². The SMILES string of the molecule is Cc1ccc(CNc2ncnc3c2cc2n3CCCCC2)cc1. The van der Waals surface area contributed by atoms with Crippen molar-refractivity contribution >= 4 is 16.9 Å². The number of rotatable bonds is 3. The molecule has 0 radical (unpaired) electrons. The van der Waals surface area contributed by atoms with E-state index in [1.54, 1.807) is 6.33 Å². The van der Waals surface area contributed by atoms with Crippen molar-refractivity contribution in [1.29, 1.82) is 0 Å². The van der Waals surface area contributed by atoms with E-state index in [-0.39, 0.29) is 0 Å². The zero-order chi connectivity index (χ0) is 15.6. The molecule has 0 unspecified atom stereocenters. The van der Waals surface area contributed by atoms with Crippen LogP contribution in [-0.4, -0.2) is 14.5 Å². The molecule has 0 spiro atoms. The minimum Gasteiger partial charge on any atom is -0.365 e. The average Bonchev–Trinajstić information content (AvgIpc) is 2.76. The highest BCUT2D eigenvalue weighted by molar-refractivity contribution is 5.88. The van der Waals surface area contributed by atoms with Gasteiger partial charge >= 0.3 is 0 Å². The second kappa shape index (κ2) is 6.03. The van der Waals surface area contributed by atoms with E-state index in [4.69, 9.17) is 0 Å². The van der Waals surface area contributed by atoms with Gasteiger partial charge in [-0.3, -0.25) is 0 Å². The molecule has 3 heterocycles. The molecule has 4 nitrogen and oxygen atoms in total. The average molecular weight is 306 g/mol. The Morgan fingerprint density at radius 1 is 1.09 bits per heavy atom. The number of aromatic nitrogens is 3. The van der Waals surface area contributed by atoms with E-state index < -0.39 is 0 Å². The highest BCUT2D eigenvalue weighted by Crippen LogP contribution is 2.27. The molecular formula is C19H22N4. The molecule has 1 aromatic carbocycles. The van der Waals surface area contributed by atoms with E-state index in [1.165, 1.54) is 36.1 Å². The van der Waals surface area contributed by atoms with Gasteiger partial charge in [-0.25, -0.2) is 9.97 Å². The lowest BCUT2D eigenvalue weighted by molar-refractivity contribution is 0.645. The van der Waals surface area contributed by atoms with Crippen LogP contribution in [0, 0.1) is 6.92 Å². The molecule has 118 valence electrons. The van der Waals surface area contributed by atoms with Crippen LogP contribution in [0.25, 0.3) is 11.0 Å². The Bertz CT molecular complexity index is 817. The zero-order valence-corrected chi connectivity index (χ0v) is 13.5. The predicted molar refractivity (Wildman–Crippen MR) is 93.6 cm³/mol. The molecule has 3 aromatic rings. The van der Waals surface area contributed by atoms with Gasteiger partial charge < -0.3 is 9.88 Å². The van der Waals surface area contributed by atoms with Crippen LogP contribution in [0.4, 0.5) is 5.82 Å². The molecule has 23 heavy (non-hydrogen) atoms. The highest BCUT2D eigenvalue weighted by Gasteiger charge is 2.15. The van der Waals surface area contributed by atoms with Crippen molar-refractivity contribution < 1.29 is 0 Å². The summed E-state index contributed by atoms with van der Waals surface area (Å²) >= 11 is 0. The molecule has 1 N–H and O–H groups in total. The number of hydrogen-bond acceptors (Lipinski definition) is 3. The number of aryl methyl sites for hydroxylation is 3. The van der Waals surface area contributed by atoms with Crippen LogP contribution in [0.5, 0.6) is 0 Å². The third kappa shape index (κ3) is 2.81. The van der Waals surface area contributed by atoms with Crippen LogP contribution >= 0.6 is 0 Å². The smallest absolute Gasteiger partial charge is 0.145 e. The Morgan fingerprint density at radius 3 is 2.83 bits per heavy atom. The number of benzene rings is 1. The number of hydrogen-bond donors (Lipinski definition) is 1. The maximum Gasteiger partial charge on any atom is 0.145 e. The summed E-state index contributed by atoms with van der Waals surface area (Å²) < 4.78 is 2.38.